The number of thiophene rings is 1. The molecule has 0 saturated carbocycles. The first-order chi connectivity index (χ1) is 7.54. The van der Waals surface area contributed by atoms with Crippen LogP contribution in [-0.2, 0) is 9.53 Å². The van der Waals surface area contributed by atoms with E-state index in [2.05, 4.69) is 15.9 Å². The van der Waals surface area contributed by atoms with Crippen molar-refractivity contribution in [3.8, 4) is 0 Å². The maximum absolute atomic E-state index is 11.8. The van der Waals surface area contributed by atoms with Crippen molar-refractivity contribution in [1.82, 2.24) is 0 Å². The van der Waals surface area contributed by atoms with Crippen LogP contribution in [0.1, 0.15) is 29.9 Å². The highest BCUT2D eigenvalue weighted by Crippen LogP contribution is 2.24. The zero-order valence-electron chi connectivity index (χ0n) is 9.16. The second-order valence-corrected chi connectivity index (χ2v) is 5.85. The first-order valence-corrected chi connectivity index (χ1v) is 6.60. The molecule has 0 unspecified atom stereocenters. The molecular weight excluding hydrogens is 292 g/mol. The van der Waals surface area contributed by atoms with E-state index >= 15 is 0 Å². The zero-order valence-corrected chi connectivity index (χ0v) is 11.6. The van der Waals surface area contributed by atoms with E-state index in [1.54, 1.807) is 19.9 Å². The highest BCUT2D eigenvalue weighted by molar-refractivity contribution is 9.11. The Morgan fingerprint density at radius 1 is 1.50 bits per heavy atom. The Morgan fingerprint density at radius 2 is 2.19 bits per heavy atom. The van der Waals surface area contributed by atoms with Crippen LogP contribution in [0.5, 0.6) is 0 Å². The predicted octanol–water partition coefficient (Wildman–Crippen LogP) is 3.28. The predicted molar refractivity (Wildman–Crippen MR) is 66.8 cm³/mol. The summed E-state index contributed by atoms with van der Waals surface area (Å²) in [6.45, 7) is 3.81. The second-order valence-electron chi connectivity index (χ2n) is 3.38. The number of Topliss-reactive ketones (excluding diaryl/α,β-unsaturated/α-hetero) is 1. The summed E-state index contributed by atoms with van der Waals surface area (Å²) in [7, 11) is 0. The number of carbonyl (C=O) groups is 2. The number of ketones is 1. The van der Waals surface area contributed by atoms with Crippen molar-refractivity contribution in [1.29, 1.82) is 0 Å². The largest absolute Gasteiger partial charge is 0.466 e. The maximum Gasteiger partial charge on any atom is 0.309 e. The van der Waals surface area contributed by atoms with Crippen LogP contribution in [0.4, 0.5) is 0 Å². The van der Waals surface area contributed by atoms with E-state index in [1.807, 2.05) is 6.07 Å². The topological polar surface area (TPSA) is 43.4 Å². The van der Waals surface area contributed by atoms with Crippen molar-refractivity contribution in [2.45, 2.75) is 20.3 Å². The molecule has 1 heterocycles. The molecule has 1 rings (SSSR count). The molecular formula is C11H13BrO3S. The minimum Gasteiger partial charge on any atom is -0.466 e. The number of halogens is 1. The smallest absolute Gasteiger partial charge is 0.309 e. The molecule has 0 bridgehead atoms. The van der Waals surface area contributed by atoms with Gasteiger partial charge in [-0.25, -0.2) is 0 Å². The summed E-state index contributed by atoms with van der Waals surface area (Å²) >= 11 is 4.67. The molecule has 1 aromatic heterocycles. The summed E-state index contributed by atoms with van der Waals surface area (Å²) in [5.74, 6) is -0.712. The highest BCUT2D eigenvalue weighted by atomic mass is 79.9. The van der Waals surface area contributed by atoms with Gasteiger partial charge in [0.25, 0.3) is 0 Å². The fourth-order valence-electron chi connectivity index (χ4n) is 1.21. The molecule has 16 heavy (non-hydrogen) atoms. The third kappa shape index (κ3) is 3.72. The molecule has 0 saturated heterocycles. The van der Waals surface area contributed by atoms with Gasteiger partial charge in [0.2, 0.25) is 0 Å². The van der Waals surface area contributed by atoms with E-state index in [4.69, 9.17) is 4.74 Å². The van der Waals surface area contributed by atoms with Crippen molar-refractivity contribution in [3.63, 3.8) is 0 Å². The molecule has 0 amide bonds. The first-order valence-electron chi connectivity index (χ1n) is 4.99. The highest BCUT2D eigenvalue weighted by Gasteiger charge is 2.19. The van der Waals surface area contributed by atoms with Gasteiger partial charge in [-0.3, -0.25) is 9.59 Å². The van der Waals surface area contributed by atoms with Gasteiger partial charge in [0, 0.05) is 6.42 Å². The van der Waals surface area contributed by atoms with Crippen molar-refractivity contribution < 1.29 is 14.3 Å². The molecule has 0 aromatic carbocycles. The van der Waals surface area contributed by atoms with Crippen LogP contribution in [0.3, 0.4) is 0 Å². The van der Waals surface area contributed by atoms with Crippen LogP contribution in [0.2, 0.25) is 0 Å². The van der Waals surface area contributed by atoms with Gasteiger partial charge >= 0.3 is 5.97 Å². The Morgan fingerprint density at radius 3 is 2.69 bits per heavy atom. The number of hydrogen-bond acceptors (Lipinski definition) is 4. The lowest BCUT2D eigenvalue weighted by atomic mass is 10.0. The van der Waals surface area contributed by atoms with Gasteiger partial charge in [-0.1, -0.05) is 6.92 Å². The maximum atomic E-state index is 11.8. The Bertz CT molecular complexity index is 386. The molecule has 0 aliphatic carbocycles. The quantitative estimate of drug-likeness (QED) is 0.619. The second kappa shape index (κ2) is 6.15. The number of ether oxygens (including phenoxy) is 1. The first kappa shape index (κ1) is 13.4. The summed E-state index contributed by atoms with van der Waals surface area (Å²) in [5, 5.41) is 0. The van der Waals surface area contributed by atoms with E-state index in [9.17, 15) is 9.59 Å². The molecule has 3 nitrogen and oxygen atoms in total. The number of hydrogen-bond donors (Lipinski definition) is 0. The van der Waals surface area contributed by atoms with E-state index in [-0.39, 0.29) is 24.1 Å². The minimum atomic E-state index is -0.381. The average Bonchev–Trinajstić information content (AvgIpc) is 2.65. The molecule has 1 atom stereocenters. The van der Waals surface area contributed by atoms with Crippen LogP contribution < -0.4 is 0 Å². The number of carbonyl (C=O) groups excluding carboxylic acids is 2. The minimum absolute atomic E-state index is 0.0174. The molecule has 0 fully saturated rings. The van der Waals surface area contributed by atoms with Crippen molar-refractivity contribution >= 4 is 39.0 Å². The van der Waals surface area contributed by atoms with Crippen LogP contribution in [0.15, 0.2) is 15.9 Å². The van der Waals surface area contributed by atoms with Gasteiger partial charge in [-0.15, -0.1) is 11.3 Å². The third-order valence-corrected chi connectivity index (χ3v) is 3.69. The molecule has 88 valence electrons. The monoisotopic (exact) mass is 304 g/mol. The van der Waals surface area contributed by atoms with Gasteiger partial charge in [-0.2, -0.15) is 0 Å². The van der Waals surface area contributed by atoms with Gasteiger partial charge in [0.1, 0.15) is 0 Å². The lowest BCUT2D eigenvalue weighted by Crippen LogP contribution is -2.17. The molecule has 0 aliphatic rings. The van der Waals surface area contributed by atoms with Crippen molar-refractivity contribution in [3.05, 3.63) is 20.8 Å². The molecule has 0 N–H and O–H groups in total. The van der Waals surface area contributed by atoms with Crippen molar-refractivity contribution in [2.75, 3.05) is 6.61 Å². The normalized spacial score (nSPS) is 12.2. The van der Waals surface area contributed by atoms with Crippen molar-refractivity contribution in [2.24, 2.45) is 5.92 Å². The molecule has 5 heteroatoms. The SMILES string of the molecule is CCOC(=O)[C@@H](C)CC(=O)c1ccc(Br)s1. The van der Waals surface area contributed by atoms with E-state index in [0.29, 0.717) is 11.5 Å². The fraction of sp³-hybridized carbons (Fsp3) is 0.455. The lowest BCUT2D eigenvalue weighted by Gasteiger charge is -2.08. The summed E-state index contributed by atoms with van der Waals surface area (Å²) < 4.78 is 5.76. The third-order valence-electron chi connectivity index (χ3n) is 2.03. The lowest BCUT2D eigenvalue weighted by molar-refractivity contribution is -0.147. The van der Waals surface area contributed by atoms with Gasteiger partial charge < -0.3 is 4.74 Å². The van der Waals surface area contributed by atoms with Crippen LogP contribution in [0.25, 0.3) is 0 Å². The van der Waals surface area contributed by atoms with E-state index in [0.717, 1.165) is 3.79 Å². The zero-order chi connectivity index (χ0) is 12.1. The Kier molecular flexibility index (Phi) is 5.15. The summed E-state index contributed by atoms with van der Waals surface area (Å²) in [5.41, 5.74) is 0. The van der Waals surface area contributed by atoms with Gasteiger partial charge in [-0.05, 0) is 35.0 Å². The molecule has 0 spiro atoms. The standard InChI is InChI=1S/C11H13BrO3S/c1-3-15-11(14)7(2)6-8(13)9-4-5-10(12)16-9/h4-5,7H,3,6H2,1-2H3/t7-/m0/s1. The Hall–Kier alpha value is -0.680. The van der Waals surface area contributed by atoms with Crippen LogP contribution >= 0.6 is 27.3 Å². The Balaban J connectivity index is 2.54. The summed E-state index contributed by atoms with van der Waals surface area (Å²) in [4.78, 5) is 23.8. The van der Waals surface area contributed by atoms with Crippen LogP contribution in [0, 0.1) is 5.92 Å². The summed E-state index contributed by atoms with van der Waals surface area (Å²) in [6, 6.07) is 3.59. The average molecular weight is 305 g/mol. The fourth-order valence-corrected chi connectivity index (χ4v) is 2.55. The molecule has 0 aliphatic heterocycles. The Labute approximate surface area is 107 Å². The molecule has 0 radical (unpaired) electrons. The van der Waals surface area contributed by atoms with Gasteiger partial charge in [0.05, 0.1) is 21.2 Å². The van der Waals surface area contributed by atoms with Crippen LogP contribution in [-0.4, -0.2) is 18.4 Å². The van der Waals surface area contributed by atoms with E-state index < -0.39 is 0 Å². The molecule has 1 aromatic rings. The van der Waals surface area contributed by atoms with E-state index in [1.165, 1.54) is 11.3 Å². The number of esters is 1. The number of rotatable bonds is 5. The van der Waals surface area contributed by atoms with Gasteiger partial charge in [0.15, 0.2) is 5.78 Å². The summed E-state index contributed by atoms with van der Waals surface area (Å²) in [6.07, 6.45) is 0.200.